The van der Waals surface area contributed by atoms with Gasteiger partial charge in [0.05, 0.1) is 6.61 Å². The molecule has 0 aliphatic heterocycles. The summed E-state index contributed by atoms with van der Waals surface area (Å²) >= 11 is 4.61. The van der Waals surface area contributed by atoms with E-state index in [-0.39, 0.29) is 0 Å². The maximum absolute atomic E-state index is 10.2. The van der Waals surface area contributed by atoms with Gasteiger partial charge in [-0.1, -0.05) is 83.5 Å². The Hall–Kier alpha value is -0.440. The van der Waals surface area contributed by atoms with Crippen LogP contribution in [0.5, 0.6) is 0 Å². The Bertz CT molecular complexity index is 207. The zero-order chi connectivity index (χ0) is 16.1. The van der Waals surface area contributed by atoms with Gasteiger partial charge in [0.25, 0.3) is 0 Å². The Morgan fingerprint density at radius 1 is 0.591 bits per heavy atom. The highest BCUT2D eigenvalue weighted by atomic mass is 32.1. The third kappa shape index (κ3) is 19.6. The van der Waals surface area contributed by atoms with E-state index in [2.05, 4.69) is 12.2 Å². The third-order valence-corrected chi connectivity index (χ3v) is 4.29. The minimum absolute atomic E-state index is 0.751. The second-order valence-corrected chi connectivity index (χ2v) is 6.42. The summed E-state index contributed by atoms with van der Waals surface area (Å²) < 4.78 is 5.03. The molecule has 0 aliphatic carbocycles. The number of ether oxygens (including phenoxy) is 1. The lowest BCUT2D eigenvalue weighted by atomic mass is 10.0. The number of aldehydes is 1. The van der Waals surface area contributed by atoms with Crippen molar-refractivity contribution in [2.45, 2.75) is 103 Å². The second kappa shape index (κ2) is 20.6. The largest absolute Gasteiger partial charge is 0.490 e. The zero-order valence-corrected chi connectivity index (χ0v) is 15.2. The molecule has 3 heteroatoms. The first-order valence-electron chi connectivity index (χ1n) is 9.40. The van der Waals surface area contributed by atoms with Gasteiger partial charge in [0.15, 0.2) is 0 Å². The average Bonchev–Trinajstić information content (AvgIpc) is 2.54. The molecule has 0 atom stereocenters. The smallest absolute Gasteiger partial charge is 0.146 e. The Balaban J connectivity index is 2.94. The third-order valence-electron chi connectivity index (χ3n) is 4.15. The molecule has 0 spiro atoms. The van der Waals surface area contributed by atoms with Crippen molar-refractivity contribution in [1.82, 2.24) is 0 Å². The number of unbranched alkanes of at least 4 members (excludes halogenated alkanes) is 15. The molecule has 0 aromatic rings. The van der Waals surface area contributed by atoms with Crippen molar-refractivity contribution in [2.75, 3.05) is 6.61 Å². The molecule has 0 amide bonds. The summed E-state index contributed by atoms with van der Waals surface area (Å²) in [6.45, 7) is 0.792. The Kier molecular flexibility index (Phi) is 20.1. The highest BCUT2D eigenvalue weighted by molar-refractivity contribution is 7.78. The summed E-state index contributed by atoms with van der Waals surface area (Å²) in [7, 11) is 0. The van der Waals surface area contributed by atoms with Crippen molar-refractivity contribution in [1.29, 1.82) is 0 Å². The van der Waals surface area contributed by atoms with Crippen LogP contribution < -0.4 is 0 Å². The van der Waals surface area contributed by atoms with Gasteiger partial charge in [0.1, 0.15) is 11.8 Å². The van der Waals surface area contributed by atoms with Gasteiger partial charge in [-0.05, 0) is 25.1 Å². The van der Waals surface area contributed by atoms with Crippen molar-refractivity contribution in [3.63, 3.8) is 0 Å². The quantitative estimate of drug-likeness (QED) is 0.156. The molecule has 0 aliphatic rings. The van der Waals surface area contributed by atoms with Crippen molar-refractivity contribution >= 4 is 24.1 Å². The number of thiocarbonyl (C=S) groups is 1. The van der Waals surface area contributed by atoms with E-state index in [1.54, 1.807) is 0 Å². The molecular weight excluding hydrogens is 292 g/mol. The fraction of sp³-hybridized carbons (Fsp3) is 0.895. The van der Waals surface area contributed by atoms with Crippen LogP contribution in [0.15, 0.2) is 0 Å². The molecule has 0 N–H and O–H groups in total. The lowest BCUT2D eigenvalue weighted by Crippen LogP contribution is -1.90. The van der Waals surface area contributed by atoms with E-state index < -0.39 is 0 Å². The maximum Gasteiger partial charge on any atom is 0.146 e. The van der Waals surface area contributed by atoms with Crippen LogP contribution in [0.1, 0.15) is 103 Å². The van der Waals surface area contributed by atoms with Gasteiger partial charge < -0.3 is 9.53 Å². The van der Waals surface area contributed by atoms with E-state index in [1.165, 1.54) is 89.0 Å². The first-order valence-corrected chi connectivity index (χ1v) is 9.88. The minimum atomic E-state index is 0.751. The molecule has 0 heterocycles. The van der Waals surface area contributed by atoms with Crippen LogP contribution in [-0.4, -0.2) is 18.4 Å². The zero-order valence-electron chi connectivity index (χ0n) is 14.4. The van der Waals surface area contributed by atoms with Crippen LogP contribution in [0.3, 0.4) is 0 Å². The standard InChI is InChI=1S/C19H36O2S/c20-17-15-13-11-9-7-5-3-1-2-4-6-8-10-12-14-16-18-21-19-22/h17,19H,1-16,18H2. The molecule has 0 rings (SSSR count). The molecule has 22 heavy (non-hydrogen) atoms. The summed E-state index contributed by atoms with van der Waals surface area (Å²) in [6, 6.07) is 0. The topological polar surface area (TPSA) is 26.3 Å². The summed E-state index contributed by atoms with van der Waals surface area (Å²) in [5.41, 5.74) is 1.37. The Morgan fingerprint density at radius 2 is 0.955 bits per heavy atom. The van der Waals surface area contributed by atoms with Gasteiger partial charge in [-0.2, -0.15) is 0 Å². The molecule has 0 bridgehead atoms. The summed E-state index contributed by atoms with van der Waals surface area (Å²) in [5.74, 6) is 0. The van der Waals surface area contributed by atoms with Gasteiger partial charge in [-0.15, -0.1) is 0 Å². The fourth-order valence-corrected chi connectivity index (χ4v) is 2.86. The highest BCUT2D eigenvalue weighted by Gasteiger charge is 1.94. The van der Waals surface area contributed by atoms with Gasteiger partial charge in [-0.25, -0.2) is 0 Å². The summed E-state index contributed by atoms with van der Waals surface area (Å²) in [4.78, 5) is 10.2. The molecular formula is C19H36O2S. The first-order chi connectivity index (χ1) is 10.9. The van der Waals surface area contributed by atoms with Crippen LogP contribution in [0.2, 0.25) is 0 Å². The monoisotopic (exact) mass is 328 g/mol. The van der Waals surface area contributed by atoms with Crippen molar-refractivity contribution < 1.29 is 9.53 Å². The van der Waals surface area contributed by atoms with E-state index in [0.717, 1.165) is 32.2 Å². The predicted molar refractivity (Wildman–Crippen MR) is 99.5 cm³/mol. The van der Waals surface area contributed by atoms with Crippen LogP contribution in [0, 0.1) is 0 Å². The van der Waals surface area contributed by atoms with Crippen LogP contribution >= 0.6 is 12.2 Å². The SMILES string of the molecule is O=CCCCCCCCCCCCCCCCCCOC=S. The normalized spacial score (nSPS) is 10.5. The van der Waals surface area contributed by atoms with Crippen molar-refractivity contribution in [2.24, 2.45) is 0 Å². The minimum Gasteiger partial charge on any atom is -0.490 e. The van der Waals surface area contributed by atoms with Crippen LogP contribution in [0.25, 0.3) is 0 Å². The van der Waals surface area contributed by atoms with Crippen LogP contribution in [-0.2, 0) is 9.53 Å². The van der Waals surface area contributed by atoms with E-state index in [0.29, 0.717) is 0 Å². The molecule has 0 saturated carbocycles. The summed E-state index contributed by atoms with van der Waals surface area (Å²) in [6.07, 6.45) is 21.7. The molecule has 0 fully saturated rings. The molecule has 2 nitrogen and oxygen atoms in total. The number of carbonyl (C=O) groups excluding carboxylic acids is 1. The lowest BCUT2D eigenvalue weighted by Gasteiger charge is -2.03. The first kappa shape index (κ1) is 21.6. The Labute approximate surface area is 143 Å². The number of hydrogen-bond donors (Lipinski definition) is 0. The Morgan fingerprint density at radius 3 is 1.32 bits per heavy atom. The number of hydrogen-bond acceptors (Lipinski definition) is 3. The lowest BCUT2D eigenvalue weighted by molar-refractivity contribution is -0.107. The molecule has 0 aromatic heterocycles. The molecule has 0 saturated heterocycles. The number of carbonyl (C=O) groups is 1. The summed E-state index contributed by atoms with van der Waals surface area (Å²) in [5, 5.41) is 0. The van der Waals surface area contributed by atoms with Crippen molar-refractivity contribution in [3.05, 3.63) is 0 Å². The highest BCUT2D eigenvalue weighted by Crippen LogP contribution is 2.13. The van der Waals surface area contributed by atoms with Gasteiger partial charge in [-0.3, -0.25) is 0 Å². The van der Waals surface area contributed by atoms with E-state index in [9.17, 15) is 4.79 Å². The predicted octanol–water partition coefficient (Wildman–Crippen LogP) is 6.40. The van der Waals surface area contributed by atoms with Gasteiger partial charge in [0, 0.05) is 6.42 Å². The number of rotatable bonds is 19. The van der Waals surface area contributed by atoms with Gasteiger partial charge >= 0.3 is 0 Å². The van der Waals surface area contributed by atoms with Crippen LogP contribution in [0.4, 0.5) is 0 Å². The molecule has 0 aromatic carbocycles. The van der Waals surface area contributed by atoms with Gasteiger partial charge in [0.2, 0.25) is 0 Å². The molecule has 0 radical (unpaired) electrons. The second-order valence-electron chi connectivity index (χ2n) is 6.23. The van der Waals surface area contributed by atoms with E-state index in [4.69, 9.17) is 4.74 Å². The molecule has 130 valence electrons. The van der Waals surface area contributed by atoms with E-state index >= 15 is 0 Å². The molecule has 0 unspecified atom stereocenters. The van der Waals surface area contributed by atoms with E-state index in [1.807, 2.05) is 0 Å². The maximum atomic E-state index is 10.2. The fourth-order valence-electron chi connectivity index (χ4n) is 2.76. The average molecular weight is 329 g/mol. The van der Waals surface area contributed by atoms with Crippen molar-refractivity contribution in [3.8, 4) is 0 Å².